The highest BCUT2D eigenvalue weighted by atomic mass is 79.9. The summed E-state index contributed by atoms with van der Waals surface area (Å²) >= 11 is 15.2. The maximum absolute atomic E-state index is 13.6. The summed E-state index contributed by atoms with van der Waals surface area (Å²) in [5, 5.41) is 0.163. The van der Waals surface area contributed by atoms with Gasteiger partial charge in [-0.2, -0.15) is 0 Å². The summed E-state index contributed by atoms with van der Waals surface area (Å²) in [7, 11) is 0. The first kappa shape index (κ1) is 13.3. The Morgan fingerprint density at radius 3 is 2.53 bits per heavy atom. The minimum Gasteiger partial charge on any atom is -0.207 e. The first-order valence-corrected chi connectivity index (χ1v) is 6.31. The lowest BCUT2D eigenvalue weighted by atomic mass is 10.0. The van der Waals surface area contributed by atoms with Crippen LogP contribution in [0, 0.1) is 11.7 Å². The molecule has 0 radical (unpaired) electrons. The van der Waals surface area contributed by atoms with E-state index in [1.807, 2.05) is 13.8 Å². The van der Waals surface area contributed by atoms with Crippen molar-refractivity contribution in [2.45, 2.75) is 25.6 Å². The van der Waals surface area contributed by atoms with Gasteiger partial charge in [0.1, 0.15) is 5.82 Å². The van der Waals surface area contributed by atoms with E-state index in [0.29, 0.717) is 21.0 Å². The summed E-state index contributed by atoms with van der Waals surface area (Å²) in [5.74, 6) is 0.112. The number of hydrogen-bond acceptors (Lipinski definition) is 0. The lowest BCUT2D eigenvalue weighted by molar-refractivity contribution is 0.547. The van der Waals surface area contributed by atoms with E-state index in [9.17, 15) is 4.39 Å². The van der Waals surface area contributed by atoms with Gasteiger partial charge in [0.2, 0.25) is 0 Å². The van der Waals surface area contributed by atoms with E-state index in [2.05, 4.69) is 15.9 Å². The summed E-state index contributed by atoms with van der Waals surface area (Å²) in [6.07, 6.45) is 0.733. The molecule has 1 aromatic carbocycles. The van der Waals surface area contributed by atoms with Gasteiger partial charge in [0.05, 0.1) is 10.4 Å². The summed E-state index contributed by atoms with van der Waals surface area (Å²) in [4.78, 5) is 0. The molecule has 0 fully saturated rings. The zero-order valence-electron chi connectivity index (χ0n) is 8.53. The van der Waals surface area contributed by atoms with Crippen molar-refractivity contribution >= 4 is 39.1 Å². The van der Waals surface area contributed by atoms with Gasteiger partial charge in [-0.3, -0.25) is 0 Å². The molecule has 0 bridgehead atoms. The van der Waals surface area contributed by atoms with Crippen molar-refractivity contribution in [3.8, 4) is 0 Å². The van der Waals surface area contributed by atoms with Crippen molar-refractivity contribution < 1.29 is 4.39 Å². The van der Waals surface area contributed by atoms with Crippen molar-refractivity contribution in [3.05, 3.63) is 33.0 Å². The summed E-state index contributed by atoms with van der Waals surface area (Å²) in [6, 6.07) is 2.94. The first-order valence-electron chi connectivity index (χ1n) is 4.70. The molecule has 0 heterocycles. The Morgan fingerprint density at radius 2 is 2.00 bits per heavy atom. The smallest absolute Gasteiger partial charge is 0.129 e. The fourth-order valence-corrected chi connectivity index (χ4v) is 2.33. The Bertz CT molecular complexity index is 353. The zero-order valence-corrected chi connectivity index (χ0v) is 11.6. The number of rotatable bonds is 3. The molecule has 0 aliphatic carbocycles. The molecule has 4 heteroatoms. The summed E-state index contributed by atoms with van der Waals surface area (Å²) in [6.45, 7) is 4.10. The van der Waals surface area contributed by atoms with E-state index in [1.54, 1.807) is 6.07 Å². The highest BCUT2D eigenvalue weighted by Gasteiger charge is 2.16. The van der Waals surface area contributed by atoms with Gasteiger partial charge in [-0.05, 0) is 40.4 Å². The molecule has 0 aliphatic rings. The molecule has 84 valence electrons. The SMILES string of the molecule is CC(C)CC(Cl)c1cc(Cl)c(Br)cc1F. The summed E-state index contributed by atoms with van der Waals surface area (Å²) < 4.78 is 14.1. The van der Waals surface area contributed by atoms with Crippen LogP contribution < -0.4 is 0 Å². The Labute approximate surface area is 108 Å². The number of benzene rings is 1. The Balaban J connectivity index is 2.98. The molecular weight excluding hydrogens is 302 g/mol. The molecule has 0 aliphatic heterocycles. The second kappa shape index (κ2) is 5.51. The zero-order chi connectivity index (χ0) is 11.6. The number of halogens is 4. The molecule has 0 nitrogen and oxygen atoms in total. The fraction of sp³-hybridized carbons (Fsp3) is 0.455. The van der Waals surface area contributed by atoms with E-state index < -0.39 is 0 Å². The van der Waals surface area contributed by atoms with Crippen molar-refractivity contribution in [3.63, 3.8) is 0 Å². The van der Waals surface area contributed by atoms with Crippen LogP contribution in [0.25, 0.3) is 0 Å². The maximum atomic E-state index is 13.6. The fourth-order valence-electron chi connectivity index (χ4n) is 1.32. The molecular formula is C11H12BrCl2F. The molecule has 1 aromatic rings. The Hall–Kier alpha value is 0.210. The van der Waals surface area contributed by atoms with E-state index in [4.69, 9.17) is 23.2 Å². The Morgan fingerprint density at radius 1 is 1.40 bits per heavy atom. The van der Waals surface area contributed by atoms with Crippen molar-refractivity contribution in [2.24, 2.45) is 5.92 Å². The van der Waals surface area contributed by atoms with Gasteiger partial charge in [-0.25, -0.2) is 4.39 Å². The van der Waals surface area contributed by atoms with Crippen molar-refractivity contribution in [1.29, 1.82) is 0 Å². The summed E-state index contributed by atoms with van der Waals surface area (Å²) in [5.41, 5.74) is 0.471. The average Bonchev–Trinajstić information content (AvgIpc) is 2.09. The van der Waals surface area contributed by atoms with E-state index in [1.165, 1.54) is 6.07 Å². The third kappa shape index (κ3) is 3.61. The molecule has 0 saturated heterocycles. The topological polar surface area (TPSA) is 0 Å². The molecule has 1 rings (SSSR count). The molecule has 0 aromatic heterocycles. The standard InChI is InChI=1S/C11H12BrCl2F/c1-6(2)3-9(13)7-4-10(14)8(12)5-11(7)15/h4-6,9H,3H2,1-2H3. The van der Waals surface area contributed by atoms with Crippen LogP contribution in [0.3, 0.4) is 0 Å². The molecule has 15 heavy (non-hydrogen) atoms. The van der Waals surface area contributed by atoms with Gasteiger partial charge in [0.15, 0.2) is 0 Å². The van der Waals surface area contributed by atoms with Gasteiger partial charge in [0, 0.05) is 10.0 Å². The van der Waals surface area contributed by atoms with Crippen LogP contribution in [-0.2, 0) is 0 Å². The number of hydrogen-bond donors (Lipinski definition) is 0. The predicted octanol–water partition coefficient (Wildman–Crippen LogP) is 5.57. The molecule has 0 N–H and O–H groups in total. The van der Waals surface area contributed by atoms with Gasteiger partial charge in [-0.1, -0.05) is 25.4 Å². The van der Waals surface area contributed by atoms with Crippen LogP contribution in [0.1, 0.15) is 31.2 Å². The monoisotopic (exact) mass is 312 g/mol. The molecule has 0 amide bonds. The maximum Gasteiger partial charge on any atom is 0.129 e. The first-order chi connectivity index (χ1) is 6.91. The third-order valence-electron chi connectivity index (χ3n) is 2.06. The Kier molecular flexibility index (Phi) is 4.88. The van der Waals surface area contributed by atoms with Gasteiger partial charge >= 0.3 is 0 Å². The van der Waals surface area contributed by atoms with E-state index in [0.717, 1.165) is 6.42 Å². The highest BCUT2D eigenvalue weighted by molar-refractivity contribution is 9.10. The van der Waals surface area contributed by atoms with E-state index in [-0.39, 0.29) is 11.2 Å². The highest BCUT2D eigenvalue weighted by Crippen LogP contribution is 2.34. The van der Waals surface area contributed by atoms with Crippen LogP contribution >= 0.6 is 39.1 Å². The second-order valence-electron chi connectivity index (χ2n) is 3.88. The average molecular weight is 314 g/mol. The molecule has 0 saturated carbocycles. The van der Waals surface area contributed by atoms with Crippen molar-refractivity contribution in [1.82, 2.24) is 0 Å². The second-order valence-corrected chi connectivity index (χ2v) is 5.67. The largest absolute Gasteiger partial charge is 0.207 e. The van der Waals surface area contributed by atoms with Gasteiger partial charge in [-0.15, -0.1) is 11.6 Å². The predicted molar refractivity (Wildman–Crippen MR) is 67.2 cm³/mol. The van der Waals surface area contributed by atoms with Gasteiger partial charge < -0.3 is 0 Å². The normalized spacial score (nSPS) is 13.3. The van der Waals surface area contributed by atoms with Crippen LogP contribution in [0.5, 0.6) is 0 Å². The molecule has 1 atom stereocenters. The third-order valence-corrected chi connectivity index (χ3v) is 3.67. The van der Waals surface area contributed by atoms with Crippen LogP contribution in [0.4, 0.5) is 4.39 Å². The van der Waals surface area contributed by atoms with Crippen LogP contribution in [0.2, 0.25) is 5.02 Å². The quantitative estimate of drug-likeness (QED) is 0.505. The lowest BCUT2D eigenvalue weighted by Crippen LogP contribution is -1.99. The van der Waals surface area contributed by atoms with Crippen LogP contribution in [-0.4, -0.2) is 0 Å². The molecule has 1 unspecified atom stereocenters. The minimum atomic E-state index is -0.324. The minimum absolute atomic E-state index is 0.313. The van der Waals surface area contributed by atoms with Crippen LogP contribution in [0.15, 0.2) is 16.6 Å². The molecule has 0 spiro atoms. The lowest BCUT2D eigenvalue weighted by Gasteiger charge is -2.14. The van der Waals surface area contributed by atoms with E-state index >= 15 is 0 Å². The van der Waals surface area contributed by atoms with Crippen molar-refractivity contribution in [2.75, 3.05) is 0 Å². The van der Waals surface area contributed by atoms with Gasteiger partial charge in [0.25, 0.3) is 0 Å². The number of alkyl halides is 1.